The largest absolute Gasteiger partial charge is 0.481 e. The van der Waals surface area contributed by atoms with Gasteiger partial charge in [0.25, 0.3) is 0 Å². The molecule has 2 N–H and O–H groups in total. The molecule has 0 radical (unpaired) electrons. The minimum absolute atomic E-state index is 0.0163. The van der Waals surface area contributed by atoms with Crippen molar-refractivity contribution in [3.63, 3.8) is 0 Å². The van der Waals surface area contributed by atoms with E-state index in [1.807, 2.05) is 44.2 Å². The van der Waals surface area contributed by atoms with E-state index in [0.717, 1.165) is 10.5 Å². The molecule has 138 valence electrons. The molecule has 0 aliphatic carbocycles. The van der Waals surface area contributed by atoms with Crippen LogP contribution in [0, 0.1) is 17.8 Å². The fraction of sp³-hybridized carbons (Fsp3) is 0.529. The van der Waals surface area contributed by atoms with Crippen molar-refractivity contribution in [3.8, 4) is 0 Å². The molecule has 8 heteroatoms. The normalized spacial score (nSPS) is 22.1. The van der Waals surface area contributed by atoms with Gasteiger partial charge in [0, 0.05) is 13.1 Å². The minimum atomic E-state index is -4.66. The molecule has 5 nitrogen and oxygen atoms in total. The Labute approximate surface area is 143 Å². The molecule has 2 rings (SSSR count). The number of hydrogen-bond donors (Lipinski definition) is 2. The van der Waals surface area contributed by atoms with Gasteiger partial charge in [-0.3, -0.25) is 4.79 Å². The Bertz CT molecular complexity index is 619. The van der Waals surface area contributed by atoms with E-state index in [1.54, 1.807) is 0 Å². The third kappa shape index (κ3) is 4.43. The van der Waals surface area contributed by atoms with Gasteiger partial charge in [-0.2, -0.15) is 13.2 Å². The van der Waals surface area contributed by atoms with E-state index in [4.69, 9.17) is 5.11 Å². The summed E-state index contributed by atoms with van der Waals surface area (Å²) in [7, 11) is 0. The molecule has 0 saturated carbocycles. The standard InChI is InChI=1S/C17H21F3N2O3/c1-10(2)14(11-6-4-3-5-7-11)21-16(25)22-8-12(15(23)24)13(9-22)17(18,19)20/h3-7,10,12-14H,8-9H2,1-2H3,(H,21,25)(H,23,24)/t12-,13-,14?/m1/s1. The number of urea groups is 1. The number of amides is 2. The maximum Gasteiger partial charge on any atom is 0.394 e. The summed E-state index contributed by atoms with van der Waals surface area (Å²) < 4.78 is 39.1. The van der Waals surface area contributed by atoms with Crippen molar-refractivity contribution >= 4 is 12.0 Å². The first-order valence-electron chi connectivity index (χ1n) is 8.01. The number of aliphatic carboxylic acids is 1. The topological polar surface area (TPSA) is 69.6 Å². The number of carboxylic acid groups (broad SMARTS) is 1. The summed E-state index contributed by atoms with van der Waals surface area (Å²) in [5.41, 5.74) is 0.840. The van der Waals surface area contributed by atoms with Crippen molar-refractivity contribution in [1.29, 1.82) is 0 Å². The van der Waals surface area contributed by atoms with Crippen LogP contribution in [0.25, 0.3) is 0 Å². The molecule has 1 aliphatic heterocycles. The van der Waals surface area contributed by atoms with Crippen LogP contribution >= 0.6 is 0 Å². The average molecular weight is 358 g/mol. The maximum absolute atomic E-state index is 13.0. The first-order chi connectivity index (χ1) is 11.6. The first kappa shape index (κ1) is 19.1. The lowest BCUT2D eigenvalue weighted by Crippen LogP contribution is -2.42. The fourth-order valence-corrected chi connectivity index (χ4v) is 3.07. The van der Waals surface area contributed by atoms with E-state index in [-0.39, 0.29) is 12.0 Å². The summed E-state index contributed by atoms with van der Waals surface area (Å²) in [5, 5.41) is 11.8. The van der Waals surface area contributed by atoms with Crippen molar-refractivity contribution in [2.75, 3.05) is 13.1 Å². The Kier molecular flexibility index (Phi) is 5.59. The van der Waals surface area contributed by atoms with E-state index in [0.29, 0.717) is 0 Å². The van der Waals surface area contributed by atoms with Crippen LogP contribution in [0.4, 0.5) is 18.0 Å². The van der Waals surface area contributed by atoms with Crippen LogP contribution in [0.15, 0.2) is 30.3 Å². The molecule has 1 aliphatic rings. The van der Waals surface area contributed by atoms with Gasteiger partial charge in [0.1, 0.15) is 0 Å². The van der Waals surface area contributed by atoms with Gasteiger partial charge in [-0.25, -0.2) is 4.79 Å². The second-order valence-electron chi connectivity index (χ2n) is 6.58. The van der Waals surface area contributed by atoms with Crippen molar-refractivity contribution < 1.29 is 27.9 Å². The van der Waals surface area contributed by atoms with Crippen LogP contribution < -0.4 is 5.32 Å². The summed E-state index contributed by atoms with van der Waals surface area (Å²) in [6, 6.07) is 8.05. The van der Waals surface area contributed by atoms with Crippen molar-refractivity contribution in [1.82, 2.24) is 10.2 Å². The highest BCUT2D eigenvalue weighted by molar-refractivity contribution is 5.78. The Morgan fingerprint density at radius 2 is 1.80 bits per heavy atom. The molecular weight excluding hydrogens is 337 g/mol. The highest BCUT2D eigenvalue weighted by Gasteiger charge is 2.53. The number of benzene rings is 1. The SMILES string of the molecule is CC(C)C(NC(=O)N1C[C@@H](C(F)(F)F)[C@H](C(=O)O)C1)c1ccccc1. The summed E-state index contributed by atoms with van der Waals surface area (Å²) >= 11 is 0. The van der Waals surface area contributed by atoms with Gasteiger partial charge in [0.2, 0.25) is 0 Å². The number of nitrogens with zero attached hydrogens (tertiary/aromatic N) is 1. The number of likely N-dealkylation sites (tertiary alicyclic amines) is 1. The molecule has 1 aromatic rings. The van der Waals surface area contributed by atoms with E-state index in [1.165, 1.54) is 0 Å². The predicted molar refractivity (Wildman–Crippen MR) is 84.8 cm³/mol. The highest BCUT2D eigenvalue weighted by Crippen LogP contribution is 2.38. The number of carbonyl (C=O) groups excluding carboxylic acids is 1. The van der Waals surface area contributed by atoms with Gasteiger partial charge in [-0.05, 0) is 11.5 Å². The van der Waals surface area contributed by atoms with Gasteiger partial charge in [-0.1, -0.05) is 44.2 Å². The predicted octanol–water partition coefficient (Wildman–Crippen LogP) is 3.29. The molecule has 0 spiro atoms. The number of nitrogens with one attached hydrogen (secondary N) is 1. The highest BCUT2D eigenvalue weighted by atomic mass is 19.4. The molecule has 1 heterocycles. The summed E-state index contributed by atoms with van der Waals surface area (Å²) in [6.07, 6.45) is -4.66. The maximum atomic E-state index is 13.0. The third-order valence-corrected chi connectivity index (χ3v) is 4.45. The zero-order chi connectivity index (χ0) is 18.8. The van der Waals surface area contributed by atoms with Crippen LogP contribution in [-0.4, -0.2) is 41.3 Å². The van der Waals surface area contributed by atoms with E-state index in [9.17, 15) is 22.8 Å². The quantitative estimate of drug-likeness (QED) is 0.868. The lowest BCUT2D eigenvalue weighted by atomic mass is 9.96. The monoisotopic (exact) mass is 358 g/mol. The molecule has 0 bridgehead atoms. The molecule has 3 atom stereocenters. The zero-order valence-corrected chi connectivity index (χ0v) is 14.0. The summed E-state index contributed by atoms with van der Waals surface area (Å²) in [5.74, 6) is -5.21. The van der Waals surface area contributed by atoms with Crippen LogP contribution in [0.2, 0.25) is 0 Å². The molecule has 1 saturated heterocycles. The number of carbonyl (C=O) groups is 2. The van der Waals surface area contributed by atoms with Crippen LogP contribution in [0.3, 0.4) is 0 Å². The van der Waals surface area contributed by atoms with Crippen molar-refractivity contribution in [2.45, 2.75) is 26.1 Å². The lowest BCUT2D eigenvalue weighted by Gasteiger charge is -2.26. The van der Waals surface area contributed by atoms with Crippen LogP contribution in [0.5, 0.6) is 0 Å². The number of rotatable bonds is 4. The molecule has 2 amide bonds. The van der Waals surface area contributed by atoms with E-state index in [2.05, 4.69) is 5.32 Å². The van der Waals surface area contributed by atoms with Crippen LogP contribution in [0.1, 0.15) is 25.5 Å². The minimum Gasteiger partial charge on any atom is -0.481 e. The van der Waals surface area contributed by atoms with Crippen molar-refractivity contribution in [2.24, 2.45) is 17.8 Å². The second-order valence-corrected chi connectivity index (χ2v) is 6.58. The summed E-state index contributed by atoms with van der Waals surface area (Å²) in [6.45, 7) is 2.68. The first-order valence-corrected chi connectivity index (χ1v) is 8.01. The second kappa shape index (κ2) is 7.33. The van der Waals surface area contributed by atoms with Gasteiger partial charge in [0.15, 0.2) is 0 Å². The molecule has 25 heavy (non-hydrogen) atoms. The van der Waals surface area contributed by atoms with Gasteiger partial charge in [0.05, 0.1) is 17.9 Å². The number of carboxylic acids is 1. The molecule has 0 aromatic heterocycles. The van der Waals surface area contributed by atoms with Gasteiger partial charge >= 0.3 is 18.2 Å². The smallest absolute Gasteiger partial charge is 0.394 e. The fourth-order valence-electron chi connectivity index (χ4n) is 3.07. The number of hydrogen-bond acceptors (Lipinski definition) is 2. The Hall–Kier alpha value is -2.25. The van der Waals surface area contributed by atoms with E-state index < -0.39 is 43.1 Å². The van der Waals surface area contributed by atoms with Gasteiger partial charge < -0.3 is 15.3 Å². The molecule has 1 unspecified atom stereocenters. The van der Waals surface area contributed by atoms with Gasteiger partial charge in [-0.15, -0.1) is 0 Å². The molecular formula is C17H21F3N2O3. The lowest BCUT2D eigenvalue weighted by molar-refractivity contribution is -0.187. The Morgan fingerprint density at radius 1 is 1.20 bits per heavy atom. The number of alkyl halides is 3. The number of halogens is 3. The van der Waals surface area contributed by atoms with Crippen LogP contribution in [-0.2, 0) is 4.79 Å². The van der Waals surface area contributed by atoms with E-state index >= 15 is 0 Å². The zero-order valence-electron chi connectivity index (χ0n) is 14.0. The Balaban J connectivity index is 2.13. The Morgan fingerprint density at radius 3 is 2.24 bits per heavy atom. The third-order valence-electron chi connectivity index (χ3n) is 4.45. The van der Waals surface area contributed by atoms with Crippen molar-refractivity contribution in [3.05, 3.63) is 35.9 Å². The average Bonchev–Trinajstić information content (AvgIpc) is 2.99. The molecule has 1 fully saturated rings. The molecule has 1 aromatic carbocycles. The summed E-state index contributed by atoms with van der Waals surface area (Å²) in [4.78, 5) is 24.5.